The Kier molecular flexibility index (Phi) is 4.47. The maximum absolute atomic E-state index is 11.9. The van der Waals surface area contributed by atoms with E-state index in [-0.39, 0.29) is 5.78 Å². The van der Waals surface area contributed by atoms with Crippen LogP contribution in [-0.2, 0) is 9.53 Å². The fourth-order valence-electron chi connectivity index (χ4n) is 1.46. The van der Waals surface area contributed by atoms with E-state index in [1.165, 1.54) is 4.90 Å². The smallest absolute Gasteiger partial charge is 0.410 e. The maximum atomic E-state index is 11.9. The van der Waals surface area contributed by atoms with Crippen molar-refractivity contribution in [2.24, 2.45) is 0 Å². The van der Waals surface area contributed by atoms with Crippen LogP contribution in [0.25, 0.3) is 0 Å². The van der Waals surface area contributed by atoms with Crippen LogP contribution in [0, 0.1) is 12.3 Å². The highest BCUT2D eigenvalue weighted by atomic mass is 32.2. The van der Waals surface area contributed by atoms with Gasteiger partial charge in [0, 0.05) is 18.1 Å². The van der Waals surface area contributed by atoms with Gasteiger partial charge in [-0.1, -0.05) is 0 Å². The molecule has 4 nitrogen and oxygen atoms in total. The number of carbonyl (C=O) groups is 2. The zero-order valence-electron chi connectivity index (χ0n) is 10.4. The summed E-state index contributed by atoms with van der Waals surface area (Å²) in [4.78, 5) is 24.9. The van der Waals surface area contributed by atoms with Gasteiger partial charge in [0.05, 0.1) is 0 Å². The zero-order valence-corrected chi connectivity index (χ0v) is 11.2. The fraction of sp³-hybridized carbons (Fsp3) is 0.667. The van der Waals surface area contributed by atoms with Crippen molar-refractivity contribution >= 4 is 23.6 Å². The highest BCUT2D eigenvalue weighted by Gasteiger charge is 2.34. The summed E-state index contributed by atoms with van der Waals surface area (Å²) in [5.41, 5.74) is -0.564. The summed E-state index contributed by atoms with van der Waals surface area (Å²) in [6.45, 7) is 5.88. The molecule has 1 rings (SSSR count). The van der Waals surface area contributed by atoms with Crippen molar-refractivity contribution in [2.75, 3.05) is 18.1 Å². The average Bonchev–Trinajstić information content (AvgIpc) is 2.25. The molecule has 0 aromatic rings. The van der Waals surface area contributed by atoms with Crippen LogP contribution in [0.15, 0.2) is 0 Å². The zero-order chi connectivity index (χ0) is 13.1. The Morgan fingerprint density at radius 1 is 1.47 bits per heavy atom. The minimum atomic E-state index is -0.564. The Bertz CT molecular complexity index is 354. The summed E-state index contributed by atoms with van der Waals surface area (Å²) < 4.78 is 5.26. The maximum Gasteiger partial charge on any atom is 0.410 e. The predicted octanol–water partition coefficient (Wildman–Crippen LogP) is 1.54. The molecule has 1 aliphatic heterocycles. The molecule has 0 spiro atoms. The molecular weight excluding hydrogens is 238 g/mol. The molecule has 0 aromatic carbocycles. The Morgan fingerprint density at radius 3 is 2.65 bits per heavy atom. The first-order valence-corrected chi connectivity index (χ1v) is 6.58. The molecule has 0 bridgehead atoms. The Labute approximate surface area is 106 Å². The lowest BCUT2D eigenvalue weighted by atomic mass is 10.2. The van der Waals surface area contributed by atoms with Gasteiger partial charge in [-0.05, 0) is 26.7 Å². The molecule has 1 atom stereocenters. The predicted molar refractivity (Wildman–Crippen MR) is 67.9 cm³/mol. The molecule has 0 N–H and O–H groups in total. The van der Waals surface area contributed by atoms with Crippen LogP contribution in [0.2, 0.25) is 0 Å². The van der Waals surface area contributed by atoms with E-state index >= 15 is 0 Å². The Hall–Kier alpha value is -1.15. The van der Waals surface area contributed by atoms with Crippen LogP contribution in [0.3, 0.4) is 0 Å². The molecule has 1 saturated heterocycles. The van der Waals surface area contributed by atoms with E-state index in [1.54, 1.807) is 32.5 Å². The summed E-state index contributed by atoms with van der Waals surface area (Å²) in [5, 5.41) is 0. The number of ether oxygens (including phenoxy) is 1. The topological polar surface area (TPSA) is 46.6 Å². The third kappa shape index (κ3) is 3.97. The molecule has 94 valence electrons. The van der Waals surface area contributed by atoms with Gasteiger partial charge in [-0.3, -0.25) is 9.69 Å². The van der Waals surface area contributed by atoms with Gasteiger partial charge in [-0.2, -0.15) is 11.8 Å². The standard InChI is InChI=1S/C12H17NO3S/c1-5-10(14)9-8-17-7-6-13(9)11(15)16-12(2,3)4/h1,9H,6-8H2,2-4H3. The molecule has 17 heavy (non-hydrogen) atoms. The van der Waals surface area contributed by atoms with Crippen LogP contribution in [-0.4, -0.2) is 46.5 Å². The van der Waals surface area contributed by atoms with Crippen molar-refractivity contribution in [1.29, 1.82) is 0 Å². The van der Waals surface area contributed by atoms with Gasteiger partial charge in [0.1, 0.15) is 11.6 Å². The second-order valence-electron chi connectivity index (χ2n) is 4.77. The quantitative estimate of drug-likeness (QED) is 0.527. The van der Waals surface area contributed by atoms with E-state index in [2.05, 4.69) is 5.92 Å². The second kappa shape index (κ2) is 5.46. The van der Waals surface area contributed by atoms with E-state index in [0.29, 0.717) is 12.3 Å². The molecule has 1 aliphatic rings. The lowest BCUT2D eigenvalue weighted by molar-refractivity contribution is -0.118. The van der Waals surface area contributed by atoms with Gasteiger partial charge in [0.15, 0.2) is 0 Å². The first-order valence-electron chi connectivity index (χ1n) is 5.43. The third-order valence-corrected chi connectivity index (χ3v) is 3.22. The van der Waals surface area contributed by atoms with Crippen LogP contribution < -0.4 is 0 Å². The molecule has 0 aromatic heterocycles. The van der Waals surface area contributed by atoms with Crippen LogP contribution >= 0.6 is 11.8 Å². The number of nitrogens with zero attached hydrogens (tertiary/aromatic N) is 1. The van der Waals surface area contributed by atoms with Gasteiger partial charge in [-0.25, -0.2) is 4.79 Å². The minimum Gasteiger partial charge on any atom is -0.444 e. The number of amides is 1. The van der Waals surface area contributed by atoms with Crippen molar-refractivity contribution in [1.82, 2.24) is 4.90 Å². The molecule has 0 aliphatic carbocycles. The van der Waals surface area contributed by atoms with Crippen molar-refractivity contribution in [3.63, 3.8) is 0 Å². The average molecular weight is 255 g/mol. The lowest BCUT2D eigenvalue weighted by Gasteiger charge is -2.34. The molecule has 1 amide bonds. The van der Waals surface area contributed by atoms with Crippen molar-refractivity contribution < 1.29 is 14.3 Å². The number of terminal acetylenes is 1. The van der Waals surface area contributed by atoms with Crippen molar-refractivity contribution in [2.45, 2.75) is 32.4 Å². The fourth-order valence-corrected chi connectivity index (χ4v) is 2.50. The van der Waals surface area contributed by atoms with Crippen LogP contribution in [0.4, 0.5) is 4.79 Å². The van der Waals surface area contributed by atoms with E-state index in [9.17, 15) is 9.59 Å². The van der Waals surface area contributed by atoms with Crippen LogP contribution in [0.5, 0.6) is 0 Å². The van der Waals surface area contributed by atoms with Crippen molar-refractivity contribution in [3.05, 3.63) is 0 Å². The Morgan fingerprint density at radius 2 is 2.12 bits per heavy atom. The SMILES string of the molecule is C#CC(=O)C1CSCCN1C(=O)OC(C)(C)C. The van der Waals surface area contributed by atoms with Gasteiger partial charge in [0.25, 0.3) is 0 Å². The number of Topliss-reactive ketones (excluding diaryl/α,β-unsaturated/α-hetero) is 1. The van der Waals surface area contributed by atoms with Crippen molar-refractivity contribution in [3.8, 4) is 12.3 Å². The highest BCUT2D eigenvalue weighted by molar-refractivity contribution is 7.99. The number of ketones is 1. The number of carbonyl (C=O) groups excluding carboxylic acids is 2. The summed E-state index contributed by atoms with van der Waals surface area (Å²) in [6.07, 6.45) is 4.64. The molecule has 5 heteroatoms. The normalized spacial score (nSPS) is 20.6. The second-order valence-corrected chi connectivity index (χ2v) is 5.92. The number of thioether (sulfide) groups is 1. The summed E-state index contributed by atoms with van der Waals surface area (Å²) in [5.74, 6) is 3.07. The van der Waals surface area contributed by atoms with E-state index < -0.39 is 17.7 Å². The molecule has 1 fully saturated rings. The number of hydrogen-bond acceptors (Lipinski definition) is 4. The summed E-state index contributed by atoms with van der Waals surface area (Å²) in [6, 6.07) is -0.548. The Balaban J connectivity index is 2.75. The third-order valence-electron chi connectivity index (χ3n) is 2.20. The first-order chi connectivity index (χ1) is 7.85. The minimum absolute atomic E-state index is 0.358. The first kappa shape index (κ1) is 13.9. The molecular formula is C12H17NO3S. The monoisotopic (exact) mass is 255 g/mol. The van der Waals surface area contributed by atoms with Crippen LogP contribution in [0.1, 0.15) is 20.8 Å². The molecule has 1 heterocycles. The largest absolute Gasteiger partial charge is 0.444 e. The van der Waals surface area contributed by atoms with Gasteiger partial charge in [-0.15, -0.1) is 6.42 Å². The molecule has 0 radical (unpaired) electrons. The van der Waals surface area contributed by atoms with Gasteiger partial charge >= 0.3 is 6.09 Å². The summed E-state index contributed by atoms with van der Waals surface area (Å²) >= 11 is 1.62. The molecule has 0 saturated carbocycles. The van der Waals surface area contributed by atoms with Gasteiger partial charge in [0.2, 0.25) is 5.78 Å². The highest BCUT2D eigenvalue weighted by Crippen LogP contribution is 2.20. The van der Waals surface area contributed by atoms with Gasteiger partial charge < -0.3 is 4.74 Å². The molecule has 1 unspecified atom stereocenters. The van der Waals surface area contributed by atoms with E-state index in [1.807, 2.05) is 0 Å². The lowest BCUT2D eigenvalue weighted by Crippen LogP contribution is -2.51. The summed E-state index contributed by atoms with van der Waals surface area (Å²) in [7, 11) is 0. The van der Waals surface area contributed by atoms with E-state index in [4.69, 9.17) is 11.2 Å². The number of rotatable bonds is 1. The number of hydrogen-bond donors (Lipinski definition) is 0. The van der Waals surface area contributed by atoms with E-state index in [0.717, 1.165) is 5.75 Å².